The molecular formula is C15H20N2O3S. The van der Waals surface area contributed by atoms with Crippen LogP contribution in [0.15, 0.2) is 45.7 Å². The van der Waals surface area contributed by atoms with Crippen molar-refractivity contribution in [3.05, 3.63) is 47.9 Å². The van der Waals surface area contributed by atoms with Crippen LogP contribution in [0.25, 0.3) is 0 Å². The van der Waals surface area contributed by atoms with Gasteiger partial charge < -0.3 is 10.2 Å². The van der Waals surface area contributed by atoms with Crippen molar-refractivity contribution in [2.24, 2.45) is 0 Å². The Morgan fingerprint density at radius 2 is 1.86 bits per heavy atom. The van der Waals surface area contributed by atoms with Gasteiger partial charge in [0.1, 0.15) is 16.4 Å². The van der Waals surface area contributed by atoms with E-state index in [0.717, 1.165) is 5.76 Å². The number of furan rings is 1. The van der Waals surface area contributed by atoms with Crippen LogP contribution in [0.5, 0.6) is 0 Å². The molecule has 0 bridgehead atoms. The van der Waals surface area contributed by atoms with Gasteiger partial charge in [-0.15, -0.1) is 0 Å². The molecule has 2 rings (SSSR count). The van der Waals surface area contributed by atoms with Crippen LogP contribution in [0, 0.1) is 6.92 Å². The van der Waals surface area contributed by atoms with E-state index in [2.05, 4.69) is 0 Å². The number of para-hydroxylation sites is 1. The molecule has 0 aliphatic carbocycles. The minimum Gasteiger partial charge on any atom is -0.465 e. The van der Waals surface area contributed by atoms with Crippen LogP contribution in [-0.2, 0) is 16.6 Å². The molecular weight excluding hydrogens is 288 g/mol. The molecule has 2 aromatic rings. The second-order valence-electron chi connectivity index (χ2n) is 5.19. The summed E-state index contributed by atoms with van der Waals surface area (Å²) in [6.07, 6.45) is 0. The third-order valence-corrected chi connectivity index (χ3v) is 5.29. The summed E-state index contributed by atoms with van der Waals surface area (Å²) in [5.41, 5.74) is 6.06. The van der Waals surface area contributed by atoms with Crippen LogP contribution in [0.4, 0.5) is 5.69 Å². The molecule has 6 heteroatoms. The van der Waals surface area contributed by atoms with E-state index in [0.29, 0.717) is 5.76 Å². The molecule has 1 aromatic carbocycles. The van der Waals surface area contributed by atoms with Crippen molar-refractivity contribution in [2.45, 2.75) is 38.3 Å². The Hall–Kier alpha value is -1.79. The van der Waals surface area contributed by atoms with Crippen molar-refractivity contribution in [3.8, 4) is 0 Å². The van der Waals surface area contributed by atoms with E-state index in [1.54, 1.807) is 24.3 Å². The molecule has 21 heavy (non-hydrogen) atoms. The van der Waals surface area contributed by atoms with Gasteiger partial charge in [0.15, 0.2) is 0 Å². The number of aryl methyl sites for hydroxylation is 1. The zero-order chi connectivity index (χ0) is 15.6. The number of sulfonamides is 1. The van der Waals surface area contributed by atoms with Crippen LogP contribution in [-0.4, -0.2) is 18.8 Å². The zero-order valence-corrected chi connectivity index (χ0v) is 13.2. The molecule has 0 fully saturated rings. The van der Waals surface area contributed by atoms with E-state index >= 15 is 0 Å². The van der Waals surface area contributed by atoms with E-state index in [4.69, 9.17) is 10.2 Å². The van der Waals surface area contributed by atoms with Gasteiger partial charge >= 0.3 is 0 Å². The normalized spacial score (nSPS) is 12.2. The summed E-state index contributed by atoms with van der Waals surface area (Å²) in [7, 11) is -3.67. The lowest BCUT2D eigenvalue weighted by atomic mass is 10.3. The fraction of sp³-hybridized carbons (Fsp3) is 0.333. The number of anilines is 1. The van der Waals surface area contributed by atoms with Crippen LogP contribution in [0.1, 0.15) is 25.4 Å². The Labute approximate surface area is 125 Å². The lowest BCUT2D eigenvalue weighted by Gasteiger charge is -2.25. The number of rotatable bonds is 5. The van der Waals surface area contributed by atoms with E-state index in [-0.39, 0.29) is 23.2 Å². The SMILES string of the molecule is Cc1ccc(CN(C(C)C)S(=O)(=O)c2ccccc2N)o1. The molecule has 0 unspecified atom stereocenters. The van der Waals surface area contributed by atoms with Crippen molar-refractivity contribution in [1.29, 1.82) is 0 Å². The monoisotopic (exact) mass is 308 g/mol. The molecule has 1 aromatic heterocycles. The number of hydrogen-bond donors (Lipinski definition) is 1. The summed E-state index contributed by atoms with van der Waals surface area (Å²) >= 11 is 0. The molecule has 0 aliphatic heterocycles. The highest BCUT2D eigenvalue weighted by molar-refractivity contribution is 7.89. The van der Waals surface area contributed by atoms with Gasteiger partial charge in [0, 0.05) is 6.04 Å². The maximum absolute atomic E-state index is 12.8. The summed E-state index contributed by atoms with van der Waals surface area (Å²) in [6, 6.07) is 9.88. The molecule has 0 saturated heterocycles. The van der Waals surface area contributed by atoms with Gasteiger partial charge in [-0.3, -0.25) is 0 Å². The molecule has 0 aliphatic rings. The average Bonchev–Trinajstić information content (AvgIpc) is 2.81. The Balaban J connectivity index is 2.40. The van der Waals surface area contributed by atoms with E-state index in [9.17, 15) is 8.42 Å². The van der Waals surface area contributed by atoms with Crippen molar-refractivity contribution in [2.75, 3.05) is 5.73 Å². The van der Waals surface area contributed by atoms with Gasteiger partial charge in [-0.1, -0.05) is 12.1 Å². The Morgan fingerprint density at radius 1 is 1.19 bits per heavy atom. The predicted octanol–water partition coefficient (Wildman–Crippen LogP) is 2.77. The maximum atomic E-state index is 12.8. The second-order valence-corrected chi connectivity index (χ2v) is 7.05. The molecule has 0 amide bonds. The molecule has 2 N–H and O–H groups in total. The smallest absolute Gasteiger partial charge is 0.245 e. The summed E-state index contributed by atoms with van der Waals surface area (Å²) < 4.78 is 32.5. The highest BCUT2D eigenvalue weighted by atomic mass is 32.2. The minimum absolute atomic E-state index is 0.127. The van der Waals surface area contributed by atoms with Gasteiger partial charge in [0.25, 0.3) is 0 Å². The molecule has 0 atom stereocenters. The predicted molar refractivity (Wildman–Crippen MR) is 82.2 cm³/mol. The fourth-order valence-corrected chi connectivity index (χ4v) is 3.83. The maximum Gasteiger partial charge on any atom is 0.245 e. The van der Waals surface area contributed by atoms with Crippen LogP contribution < -0.4 is 5.73 Å². The van der Waals surface area contributed by atoms with E-state index in [1.165, 1.54) is 10.4 Å². The van der Waals surface area contributed by atoms with Gasteiger partial charge in [-0.2, -0.15) is 4.31 Å². The quantitative estimate of drug-likeness (QED) is 0.862. The summed E-state index contributed by atoms with van der Waals surface area (Å²) in [5.74, 6) is 1.37. The number of hydrogen-bond acceptors (Lipinski definition) is 4. The lowest BCUT2D eigenvalue weighted by Crippen LogP contribution is -2.36. The Kier molecular flexibility index (Phi) is 4.39. The van der Waals surface area contributed by atoms with Crippen molar-refractivity contribution in [3.63, 3.8) is 0 Å². The topological polar surface area (TPSA) is 76.5 Å². The summed E-state index contributed by atoms with van der Waals surface area (Å²) in [6.45, 7) is 5.66. The van der Waals surface area contributed by atoms with Crippen molar-refractivity contribution in [1.82, 2.24) is 4.31 Å². The third kappa shape index (κ3) is 3.28. The van der Waals surface area contributed by atoms with E-state index in [1.807, 2.05) is 26.8 Å². The van der Waals surface area contributed by atoms with Crippen molar-refractivity contribution < 1.29 is 12.8 Å². The average molecular weight is 308 g/mol. The highest BCUT2D eigenvalue weighted by Crippen LogP contribution is 2.25. The van der Waals surface area contributed by atoms with Gasteiger partial charge in [-0.25, -0.2) is 8.42 Å². The van der Waals surface area contributed by atoms with Gasteiger partial charge in [0.05, 0.1) is 12.2 Å². The minimum atomic E-state index is -3.67. The number of nitrogens with zero attached hydrogens (tertiary/aromatic N) is 1. The first-order chi connectivity index (χ1) is 9.82. The largest absolute Gasteiger partial charge is 0.465 e. The first-order valence-corrected chi connectivity index (χ1v) is 8.18. The van der Waals surface area contributed by atoms with Crippen LogP contribution in [0.3, 0.4) is 0 Å². The summed E-state index contributed by atoms with van der Waals surface area (Å²) in [5, 5.41) is 0. The first kappa shape index (κ1) is 15.6. The first-order valence-electron chi connectivity index (χ1n) is 6.74. The molecule has 114 valence electrons. The molecule has 0 spiro atoms. The number of benzene rings is 1. The Bertz CT molecular complexity index is 720. The zero-order valence-electron chi connectivity index (χ0n) is 12.4. The van der Waals surface area contributed by atoms with Crippen LogP contribution in [0.2, 0.25) is 0 Å². The lowest BCUT2D eigenvalue weighted by molar-refractivity contribution is 0.315. The highest BCUT2D eigenvalue weighted by Gasteiger charge is 2.29. The standard InChI is InChI=1S/C15H20N2O3S/c1-11(2)17(10-13-9-8-12(3)20-13)21(18,19)15-7-5-4-6-14(15)16/h4-9,11H,10,16H2,1-3H3. The Morgan fingerprint density at radius 3 is 2.38 bits per heavy atom. The second kappa shape index (κ2) is 5.91. The molecule has 0 saturated carbocycles. The van der Waals surface area contributed by atoms with Gasteiger partial charge in [-0.05, 0) is 45.0 Å². The van der Waals surface area contributed by atoms with Crippen LogP contribution >= 0.6 is 0 Å². The van der Waals surface area contributed by atoms with Crippen molar-refractivity contribution >= 4 is 15.7 Å². The van der Waals surface area contributed by atoms with E-state index < -0.39 is 10.0 Å². The fourth-order valence-electron chi connectivity index (χ4n) is 2.11. The van der Waals surface area contributed by atoms with Gasteiger partial charge in [0.2, 0.25) is 10.0 Å². The molecule has 1 heterocycles. The number of nitrogen functional groups attached to an aromatic ring is 1. The molecule has 5 nitrogen and oxygen atoms in total. The number of nitrogens with two attached hydrogens (primary N) is 1. The third-order valence-electron chi connectivity index (χ3n) is 3.19. The summed E-state index contributed by atoms with van der Waals surface area (Å²) in [4.78, 5) is 0.127. The molecule has 0 radical (unpaired) electrons.